The lowest BCUT2D eigenvalue weighted by Gasteiger charge is -2.34. The molecule has 0 saturated heterocycles. The van der Waals surface area contributed by atoms with Crippen molar-refractivity contribution in [3.8, 4) is 0 Å². The average molecular weight is 944 g/mol. The molecule has 0 amide bonds. The Morgan fingerprint density at radius 3 is 0.746 bits per heavy atom. The van der Waals surface area contributed by atoms with Crippen LogP contribution in [0, 0.1) is 0 Å². The molecule has 0 aliphatic heterocycles. The normalized spacial score (nSPS) is 13.8. The average Bonchev–Trinajstić information content (AvgIpc) is 3.33. The summed E-state index contributed by atoms with van der Waals surface area (Å²) in [6, 6.07) is 0. The molecule has 0 heterocycles. The van der Waals surface area contributed by atoms with Crippen molar-refractivity contribution < 1.29 is 29.7 Å². The van der Waals surface area contributed by atoms with Crippen molar-refractivity contribution >= 4 is 17.3 Å². The van der Waals surface area contributed by atoms with E-state index >= 15 is 0 Å². The maximum absolute atomic E-state index is 13.7. The molecule has 0 aromatic rings. The molecule has 0 saturated carbocycles. The molecular weight excluding hydrogens is 829 g/mol. The van der Waals surface area contributed by atoms with Gasteiger partial charge in [-0.2, -0.15) is 0 Å². The number of carbonyl (C=O) groups is 3. The van der Waals surface area contributed by atoms with Gasteiger partial charge >= 0.3 is 0 Å². The Bertz CT molecular complexity index is 1150. The van der Waals surface area contributed by atoms with Gasteiger partial charge in [0.2, 0.25) is 0 Å². The first-order valence-corrected chi connectivity index (χ1v) is 29.7. The van der Waals surface area contributed by atoms with Crippen LogP contribution in [0.2, 0.25) is 0 Å². The zero-order valence-corrected chi connectivity index (χ0v) is 45.0. The molecule has 0 aliphatic rings. The highest BCUT2D eigenvalue weighted by Crippen LogP contribution is 2.26. The van der Waals surface area contributed by atoms with Gasteiger partial charge < -0.3 is 15.3 Å². The molecule has 67 heavy (non-hydrogen) atoms. The van der Waals surface area contributed by atoms with E-state index in [9.17, 15) is 29.7 Å². The Hall–Kier alpha value is -1.63. The van der Waals surface area contributed by atoms with Gasteiger partial charge in [-0.15, -0.1) is 0 Å². The van der Waals surface area contributed by atoms with Crippen molar-refractivity contribution in [1.82, 2.24) is 0 Å². The van der Waals surface area contributed by atoms with Crippen molar-refractivity contribution in [1.29, 1.82) is 0 Å². The largest absolute Gasteiger partial charge is 0.382 e. The van der Waals surface area contributed by atoms with Gasteiger partial charge in [0.1, 0.15) is 0 Å². The number of rotatable bonds is 55. The molecule has 0 radical (unpaired) electrons. The summed E-state index contributed by atoms with van der Waals surface area (Å²) in [6.45, 7) is 6.77. The van der Waals surface area contributed by atoms with E-state index in [1.807, 2.05) is 0 Å². The summed E-state index contributed by atoms with van der Waals surface area (Å²) < 4.78 is 0. The first kappa shape index (κ1) is 65.4. The standard InChI is InChI=1S/C61H114O6/c1-4-7-10-13-16-19-22-25-28-29-30-31-34-36-39-42-45-48-51-54-57(63)60(66)61(67,58(64)55-52-49-46-43-40-37-33-27-24-21-18-15-12-9-6-3)59(65)56(62)53-50-47-44-41-38-35-32-26-23-20-17-14-11-8-5-2/h26-27,32-33,59-60,65-67H,4-25,28-31,34-55H2,1-3H3/b32-26-,33-27-. The number of Topliss-reactive ketones (excluding diaryl/α,β-unsaturated/α-hetero) is 3. The van der Waals surface area contributed by atoms with E-state index in [-0.39, 0.29) is 19.3 Å². The van der Waals surface area contributed by atoms with Crippen molar-refractivity contribution in [3.05, 3.63) is 24.3 Å². The van der Waals surface area contributed by atoms with E-state index in [4.69, 9.17) is 0 Å². The van der Waals surface area contributed by atoms with Crippen LogP contribution in [0.4, 0.5) is 0 Å². The van der Waals surface area contributed by atoms with Gasteiger partial charge in [-0.1, -0.05) is 263 Å². The first-order chi connectivity index (χ1) is 32.8. The second-order valence-electron chi connectivity index (χ2n) is 20.8. The van der Waals surface area contributed by atoms with E-state index in [1.165, 1.54) is 173 Å². The fraction of sp³-hybridized carbons (Fsp3) is 0.885. The second kappa shape index (κ2) is 50.7. The van der Waals surface area contributed by atoms with Gasteiger partial charge in [-0.05, 0) is 70.6 Å². The number of unbranched alkanes of at least 4 members (excludes halogenated alkanes) is 40. The summed E-state index contributed by atoms with van der Waals surface area (Å²) >= 11 is 0. The van der Waals surface area contributed by atoms with Crippen LogP contribution in [0.1, 0.15) is 329 Å². The lowest BCUT2D eigenvalue weighted by molar-refractivity contribution is -0.181. The van der Waals surface area contributed by atoms with Gasteiger partial charge in [0, 0.05) is 19.3 Å². The van der Waals surface area contributed by atoms with Gasteiger partial charge in [-0.25, -0.2) is 0 Å². The summed E-state index contributed by atoms with van der Waals surface area (Å²) in [5, 5.41) is 34.3. The number of hydrogen-bond donors (Lipinski definition) is 3. The summed E-state index contributed by atoms with van der Waals surface area (Å²) in [5.74, 6) is -2.14. The van der Waals surface area contributed by atoms with Crippen LogP contribution < -0.4 is 0 Å². The topological polar surface area (TPSA) is 112 Å². The van der Waals surface area contributed by atoms with Crippen molar-refractivity contribution in [2.75, 3.05) is 0 Å². The third-order valence-electron chi connectivity index (χ3n) is 14.3. The third-order valence-corrected chi connectivity index (χ3v) is 14.3. The molecule has 6 nitrogen and oxygen atoms in total. The summed E-state index contributed by atoms with van der Waals surface area (Å²) in [7, 11) is 0. The van der Waals surface area contributed by atoms with Crippen LogP contribution in [-0.4, -0.2) is 50.5 Å². The van der Waals surface area contributed by atoms with E-state index in [2.05, 4.69) is 45.1 Å². The molecular formula is C61H114O6. The number of ketones is 3. The van der Waals surface area contributed by atoms with Crippen molar-refractivity contribution in [2.24, 2.45) is 0 Å². The van der Waals surface area contributed by atoms with E-state index < -0.39 is 35.2 Å². The maximum atomic E-state index is 13.7. The zero-order valence-electron chi connectivity index (χ0n) is 45.0. The predicted octanol–water partition coefficient (Wildman–Crippen LogP) is 18.0. The fourth-order valence-corrected chi connectivity index (χ4v) is 9.52. The zero-order chi connectivity index (χ0) is 49.2. The van der Waals surface area contributed by atoms with Crippen molar-refractivity contribution in [2.45, 2.75) is 347 Å². The molecule has 3 atom stereocenters. The van der Waals surface area contributed by atoms with Crippen LogP contribution in [0.15, 0.2) is 24.3 Å². The Labute approximate surface area is 416 Å². The molecule has 3 unspecified atom stereocenters. The first-order valence-electron chi connectivity index (χ1n) is 29.7. The minimum absolute atomic E-state index is 0.00252. The van der Waals surface area contributed by atoms with Gasteiger partial charge in [0.25, 0.3) is 0 Å². The predicted molar refractivity (Wildman–Crippen MR) is 289 cm³/mol. The molecule has 6 heteroatoms. The maximum Gasteiger partial charge on any atom is 0.189 e. The fourth-order valence-electron chi connectivity index (χ4n) is 9.52. The molecule has 0 aromatic heterocycles. The molecule has 0 bridgehead atoms. The Morgan fingerprint density at radius 1 is 0.313 bits per heavy atom. The SMILES string of the molecule is CCCCCCCC/C=C\CCCCCCCC(=O)C(O)C(O)(C(=O)CCCCCCC/C=C\CCCCCCCC)C(O)C(=O)CCCCCCCCCCCCCCCCCCCCC. The Morgan fingerprint density at radius 2 is 0.507 bits per heavy atom. The molecule has 0 rings (SSSR count). The quantitative estimate of drug-likeness (QED) is 0.0414. The molecule has 0 aromatic carbocycles. The van der Waals surface area contributed by atoms with E-state index in [0.717, 1.165) is 96.3 Å². The highest BCUT2D eigenvalue weighted by atomic mass is 16.4. The number of aliphatic hydroxyl groups excluding tert-OH is 2. The Balaban J connectivity index is 4.72. The minimum atomic E-state index is -2.81. The smallest absolute Gasteiger partial charge is 0.189 e. The third kappa shape index (κ3) is 39.7. The molecule has 0 aliphatic carbocycles. The highest BCUT2D eigenvalue weighted by Gasteiger charge is 2.53. The molecule has 0 spiro atoms. The number of aliphatic hydroxyl groups is 3. The van der Waals surface area contributed by atoms with Crippen LogP contribution in [0.25, 0.3) is 0 Å². The van der Waals surface area contributed by atoms with Crippen LogP contribution in [-0.2, 0) is 14.4 Å². The molecule has 3 N–H and O–H groups in total. The number of carbonyl (C=O) groups excluding carboxylic acids is 3. The monoisotopic (exact) mass is 943 g/mol. The summed E-state index contributed by atoms with van der Waals surface area (Å²) in [5.41, 5.74) is -2.81. The van der Waals surface area contributed by atoms with Crippen LogP contribution >= 0.6 is 0 Å². The number of allylic oxidation sites excluding steroid dienone is 4. The molecule has 394 valence electrons. The van der Waals surface area contributed by atoms with E-state index in [0.29, 0.717) is 19.3 Å². The van der Waals surface area contributed by atoms with Gasteiger partial charge in [0.05, 0.1) is 0 Å². The summed E-state index contributed by atoms with van der Waals surface area (Å²) in [4.78, 5) is 40.3. The van der Waals surface area contributed by atoms with Crippen LogP contribution in [0.3, 0.4) is 0 Å². The lowest BCUT2D eigenvalue weighted by atomic mass is 9.78. The number of hydrogen-bond acceptors (Lipinski definition) is 6. The van der Waals surface area contributed by atoms with Crippen LogP contribution in [0.5, 0.6) is 0 Å². The van der Waals surface area contributed by atoms with Gasteiger partial charge in [-0.3, -0.25) is 14.4 Å². The highest BCUT2D eigenvalue weighted by molar-refractivity contribution is 6.01. The van der Waals surface area contributed by atoms with Crippen molar-refractivity contribution in [3.63, 3.8) is 0 Å². The summed E-state index contributed by atoms with van der Waals surface area (Å²) in [6.07, 6.45) is 57.5. The van der Waals surface area contributed by atoms with Gasteiger partial charge in [0.15, 0.2) is 35.2 Å². The van der Waals surface area contributed by atoms with E-state index in [1.54, 1.807) is 0 Å². The minimum Gasteiger partial charge on any atom is -0.382 e. The second-order valence-corrected chi connectivity index (χ2v) is 20.8. The molecule has 0 fully saturated rings. The lowest BCUT2D eigenvalue weighted by Crippen LogP contribution is -2.63. The Kier molecular flexibility index (Phi) is 49.5.